The maximum absolute atomic E-state index is 12.6. The third-order valence-electron chi connectivity index (χ3n) is 4.30. The molecule has 9 nitrogen and oxygen atoms in total. The van der Waals surface area contributed by atoms with Crippen LogP contribution in [0.25, 0.3) is 0 Å². The number of carbonyl (C=O) groups excluding carboxylic acids is 4. The van der Waals surface area contributed by atoms with Gasteiger partial charge in [0.1, 0.15) is 6.04 Å². The molecule has 5 N–H and O–H groups in total. The van der Waals surface area contributed by atoms with E-state index in [1.54, 1.807) is 43.3 Å². The highest BCUT2D eigenvalue weighted by Gasteiger charge is 2.24. The van der Waals surface area contributed by atoms with E-state index in [0.29, 0.717) is 16.8 Å². The maximum Gasteiger partial charge on any atom is 0.330 e. The predicted molar refractivity (Wildman–Crippen MR) is 116 cm³/mol. The van der Waals surface area contributed by atoms with Gasteiger partial charge in [-0.05, 0) is 36.8 Å². The van der Waals surface area contributed by atoms with Crippen molar-refractivity contribution in [3.05, 3.63) is 64.2 Å². The van der Waals surface area contributed by atoms with E-state index < -0.39 is 29.7 Å². The largest absolute Gasteiger partial charge is 0.467 e. The van der Waals surface area contributed by atoms with Crippen molar-refractivity contribution < 1.29 is 23.9 Å². The van der Waals surface area contributed by atoms with E-state index in [-0.39, 0.29) is 23.7 Å². The topological polar surface area (TPSA) is 140 Å². The first-order chi connectivity index (χ1) is 14.7. The van der Waals surface area contributed by atoms with E-state index in [4.69, 9.17) is 17.3 Å². The summed E-state index contributed by atoms with van der Waals surface area (Å²) in [6, 6.07) is 10.1. The van der Waals surface area contributed by atoms with E-state index in [1.165, 1.54) is 6.07 Å². The molecule has 0 aliphatic heterocycles. The number of benzene rings is 2. The Kier molecular flexibility index (Phi) is 8.39. The van der Waals surface area contributed by atoms with Crippen LogP contribution in [0.3, 0.4) is 0 Å². The Hall–Kier alpha value is -3.59. The molecule has 0 spiro atoms. The molecule has 2 rings (SSSR count). The van der Waals surface area contributed by atoms with Gasteiger partial charge in [-0.3, -0.25) is 14.4 Å². The molecule has 10 heteroatoms. The maximum atomic E-state index is 12.6. The number of nitrogen functional groups attached to an aromatic ring is 1. The summed E-state index contributed by atoms with van der Waals surface area (Å²) in [5, 5.41) is 7.66. The molecule has 0 saturated carbocycles. The number of nitrogens with one attached hydrogen (secondary N) is 3. The molecular weight excluding hydrogens is 424 g/mol. The first kappa shape index (κ1) is 23.7. The van der Waals surface area contributed by atoms with Gasteiger partial charge in [0.05, 0.1) is 24.2 Å². The summed E-state index contributed by atoms with van der Waals surface area (Å²) in [7, 11) is 1.16. The lowest BCUT2D eigenvalue weighted by Gasteiger charge is -2.18. The van der Waals surface area contributed by atoms with Gasteiger partial charge in [-0.25, -0.2) is 4.79 Å². The Balaban J connectivity index is 1.94. The van der Waals surface area contributed by atoms with Crippen LogP contribution < -0.4 is 21.7 Å². The van der Waals surface area contributed by atoms with Gasteiger partial charge in [0.25, 0.3) is 11.8 Å². The Morgan fingerprint density at radius 3 is 2.42 bits per heavy atom. The summed E-state index contributed by atoms with van der Waals surface area (Å²) in [5.74, 6) is -2.37. The Bertz CT molecular complexity index is 975. The molecular formula is C21H23ClN4O5. The van der Waals surface area contributed by atoms with Crippen molar-refractivity contribution in [2.24, 2.45) is 0 Å². The fourth-order valence-corrected chi connectivity index (χ4v) is 3.01. The van der Waals surface area contributed by atoms with Crippen LogP contribution in [0.5, 0.6) is 0 Å². The van der Waals surface area contributed by atoms with Crippen molar-refractivity contribution in [2.75, 3.05) is 25.9 Å². The van der Waals surface area contributed by atoms with Crippen molar-refractivity contribution in [1.82, 2.24) is 16.0 Å². The highest BCUT2D eigenvalue weighted by Crippen LogP contribution is 2.19. The van der Waals surface area contributed by atoms with Crippen LogP contribution in [0.4, 0.5) is 5.69 Å². The Labute approximate surface area is 184 Å². The zero-order chi connectivity index (χ0) is 23.0. The van der Waals surface area contributed by atoms with Gasteiger partial charge >= 0.3 is 5.97 Å². The highest BCUT2D eigenvalue weighted by atomic mass is 35.5. The number of ether oxygens (including phenoxy) is 1. The molecule has 1 unspecified atom stereocenters. The zero-order valence-corrected chi connectivity index (χ0v) is 17.8. The van der Waals surface area contributed by atoms with Crippen LogP contribution in [-0.2, 0) is 14.3 Å². The van der Waals surface area contributed by atoms with Crippen LogP contribution in [0.1, 0.15) is 26.3 Å². The first-order valence-electron chi connectivity index (χ1n) is 9.27. The van der Waals surface area contributed by atoms with E-state index in [0.717, 1.165) is 7.11 Å². The van der Waals surface area contributed by atoms with Gasteiger partial charge in [-0.1, -0.05) is 29.8 Å². The summed E-state index contributed by atoms with van der Waals surface area (Å²) < 4.78 is 4.69. The molecule has 31 heavy (non-hydrogen) atoms. The number of hydrogen-bond donors (Lipinski definition) is 4. The monoisotopic (exact) mass is 446 g/mol. The van der Waals surface area contributed by atoms with Gasteiger partial charge in [0, 0.05) is 17.8 Å². The summed E-state index contributed by atoms with van der Waals surface area (Å²) >= 11 is 6.09. The number of carbonyl (C=O) groups is 4. The minimum absolute atomic E-state index is 0.221. The number of nitrogens with two attached hydrogens (primary N) is 1. The quantitative estimate of drug-likeness (QED) is 0.353. The van der Waals surface area contributed by atoms with Crippen molar-refractivity contribution in [3.8, 4) is 0 Å². The number of halogens is 1. The Morgan fingerprint density at radius 2 is 1.77 bits per heavy atom. The first-order valence-corrected chi connectivity index (χ1v) is 9.65. The highest BCUT2D eigenvalue weighted by molar-refractivity contribution is 6.34. The van der Waals surface area contributed by atoms with Crippen LogP contribution in [0.15, 0.2) is 42.5 Å². The predicted octanol–water partition coefficient (Wildman–Crippen LogP) is 1.05. The average Bonchev–Trinajstić information content (AvgIpc) is 2.74. The lowest BCUT2D eigenvalue weighted by atomic mass is 10.1. The van der Waals surface area contributed by atoms with Crippen LogP contribution in [0, 0.1) is 6.92 Å². The number of rotatable bonds is 8. The molecule has 0 radical (unpaired) electrons. The second kappa shape index (κ2) is 11.0. The SMILES string of the molecule is COC(=O)C(CNC(=O)CNC(=O)c1cccc(N)c1)NC(=O)c1c(C)cccc1Cl. The van der Waals surface area contributed by atoms with E-state index in [2.05, 4.69) is 20.7 Å². The van der Waals surface area contributed by atoms with E-state index in [9.17, 15) is 19.2 Å². The molecule has 0 aliphatic carbocycles. The number of hydrogen-bond acceptors (Lipinski definition) is 6. The lowest BCUT2D eigenvalue weighted by Crippen LogP contribution is -2.50. The van der Waals surface area contributed by atoms with Gasteiger partial charge in [0.2, 0.25) is 5.91 Å². The minimum atomic E-state index is -1.15. The van der Waals surface area contributed by atoms with Crippen LogP contribution >= 0.6 is 11.6 Å². The second-order valence-corrected chi connectivity index (χ2v) is 7.00. The minimum Gasteiger partial charge on any atom is -0.467 e. The smallest absolute Gasteiger partial charge is 0.330 e. The summed E-state index contributed by atoms with van der Waals surface area (Å²) in [6.07, 6.45) is 0. The molecule has 164 valence electrons. The average molecular weight is 447 g/mol. The fraction of sp³-hybridized carbons (Fsp3) is 0.238. The number of methoxy groups -OCH3 is 1. The number of esters is 1. The van der Waals surface area contributed by atoms with Gasteiger partial charge in [-0.2, -0.15) is 0 Å². The molecule has 0 saturated heterocycles. The number of anilines is 1. The van der Waals surface area contributed by atoms with E-state index >= 15 is 0 Å². The third kappa shape index (κ3) is 6.71. The van der Waals surface area contributed by atoms with E-state index in [1.807, 2.05) is 0 Å². The molecule has 3 amide bonds. The van der Waals surface area contributed by atoms with Gasteiger partial charge in [-0.15, -0.1) is 0 Å². The van der Waals surface area contributed by atoms with Crippen molar-refractivity contribution >= 4 is 41.0 Å². The molecule has 1 atom stereocenters. The summed E-state index contributed by atoms with van der Waals surface area (Å²) in [5.41, 5.74) is 7.20. The lowest BCUT2D eigenvalue weighted by molar-refractivity contribution is -0.142. The standard InChI is InChI=1S/C21H23ClN4O5/c1-12-5-3-8-15(22)18(12)20(29)26-16(21(30)31-2)10-24-17(27)11-25-19(28)13-6-4-7-14(23)9-13/h3-9,16H,10-11,23H2,1-2H3,(H,24,27)(H,25,28)(H,26,29). The molecule has 0 fully saturated rings. The summed E-state index contributed by atoms with van der Waals surface area (Å²) in [4.78, 5) is 48.8. The van der Waals surface area contributed by atoms with Crippen molar-refractivity contribution in [3.63, 3.8) is 0 Å². The molecule has 0 bridgehead atoms. The normalized spacial score (nSPS) is 11.2. The molecule has 0 heterocycles. The number of amides is 3. The number of aryl methyl sites for hydroxylation is 1. The van der Waals surface area contributed by atoms with Gasteiger partial charge < -0.3 is 26.4 Å². The van der Waals surface area contributed by atoms with Crippen LogP contribution in [-0.4, -0.2) is 49.9 Å². The molecule has 2 aromatic carbocycles. The molecule has 2 aromatic rings. The molecule has 0 aromatic heterocycles. The second-order valence-electron chi connectivity index (χ2n) is 6.59. The molecule has 0 aliphatic rings. The zero-order valence-electron chi connectivity index (χ0n) is 17.0. The third-order valence-corrected chi connectivity index (χ3v) is 4.62. The Morgan fingerprint density at radius 1 is 1.06 bits per heavy atom. The van der Waals surface area contributed by atoms with Gasteiger partial charge in [0.15, 0.2) is 0 Å². The summed E-state index contributed by atoms with van der Waals surface area (Å²) in [6.45, 7) is 1.13. The van der Waals surface area contributed by atoms with Crippen LogP contribution in [0.2, 0.25) is 5.02 Å². The fourth-order valence-electron chi connectivity index (χ4n) is 2.71. The van der Waals surface area contributed by atoms with Crippen molar-refractivity contribution in [1.29, 1.82) is 0 Å². The van der Waals surface area contributed by atoms with Crippen molar-refractivity contribution in [2.45, 2.75) is 13.0 Å².